The van der Waals surface area contributed by atoms with Crippen LogP contribution in [0.1, 0.15) is 19.4 Å². The first-order chi connectivity index (χ1) is 8.49. The van der Waals surface area contributed by atoms with Gasteiger partial charge in [0, 0.05) is 13.0 Å². The first-order valence-corrected chi connectivity index (χ1v) is 5.03. The zero-order valence-electron chi connectivity index (χ0n) is 9.80. The van der Waals surface area contributed by atoms with Crippen LogP contribution in [-0.2, 0) is 4.79 Å². The van der Waals surface area contributed by atoms with Crippen molar-refractivity contribution in [3.05, 3.63) is 27.8 Å². The van der Waals surface area contributed by atoms with Crippen molar-refractivity contribution in [3.8, 4) is 17.6 Å². The number of hydrogen-bond donors (Lipinski definition) is 0. The second-order valence-electron chi connectivity index (χ2n) is 3.22. The highest BCUT2D eigenvalue weighted by molar-refractivity contribution is 5.73. The van der Waals surface area contributed by atoms with Gasteiger partial charge in [0.1, 0.15) is 11.6 Å². The molecule has 7 heteroatoms. The molecule has 0 heterocycles. The maximum Gasteiger partial charge on any atom is 0.308 e. The molecule has 7 nitrogen and oxygen atoms in total. The van der Waals surface area contributed by atoms with Gasteiger partial charge in [0.2, 0.25) is 0 Å². The quantitative estimate of drug-likeness (QED) is 0.349. The highest BCUT2D eigenvalue weighted by Crippen LogP contribution is 2.35. The Morgan fingerprint density at radius 2 is 2.22 bits per heavy atom. The summed E-state index contributed by atoms with van der Waals surface area (Å²) in [6.07, 6.45) is 0. The third-order valence-electron chi connectivity index (χ3n) is 1.92. The molecule has 18 heavy (non-hydrogen) atoms. The van der Waals surface area contributed by atoms with E-state index < -0.39 is 10.9 Å². The van der Waals surface area contributed by atoms with Crippen molar-refractivity contribution in [2.24, 2.45) is 0 Å². The molecule has 0 spiro atoms. The van der Waals surface area contributed by atoms with Crippen LogP contribution in [0.3, 0.4) is 0 Å². The van der Waals surface area contributed by atoms with E-state index in [0.717, 1.165) is 19.1 Å². The Balaban J connectivity index is 3.41. The van der Waals surface area contributed by atoms with Gasteiger partial charge in [0.25, 0.3) is 5.69 Å². The van der Waals surface area contributed by atoms with Crippen molar-refractivity contribution in [1.29, 1.82) is 5.26 Å². The number of esters is 1. The predicted octanol–water partition coefficient (Wildman–Crippen LogP) is 1.79. The van der Waals surface area contributed by atoms with Gasteiger partial charge in [0.05, 0.1) is 17.6 Å². The zero-order valence-corrected chi connectivity index (χ0v) is 9.80. The predicted molar refractivity (Wildman–Crippen MR) is 60.3 cm³/mol. The van der Waals surface area contributed by atoms with Crippen LogP contribution in [0.25, 0.3) is 0 Å². The molecule has 0 radical (unpaired) electrons. The van der Waals surface area contributed by atoms with Crippen molar-refractivity contribution >= 4 is 11.7 Å². The van der Waals surface area contributed by atoms with E-state index in [1.54, 1.807) is 13.0 Å². The highest BCUT2D eigenvalue weighted by atomic mass is 16.6. The van der Waals surface area contributed by atoms with E-state index in [9.17, 15) is 14.9 Å². The minimum Gasteiger partial charge on any atom is -0.490 e. The number of non-ortho nitro benzene ring substituents is 1. The Morgan fingerprint density at radius 1 is 1.56 bits per heavy atom. The van der Waals surface area contributed by atoms with Crippen LogP contribution in [0, 0.1) is 21.4 Å². The summed E-state index contributed by atoms with van der Waals surface area (Å²) in [5.74, 6) is -0.739. The Kier molecular flexibility index (Phi) is 4.21. The minimum atomic E-state index is -0.652. The molecule has 0 fully saturated rings. The summed E-state index contributed by atoms with van der Waals surface area (Å²) >= 11 is 0. The SMILES string of the molecule is CCOc1cc([N+](=O)[O-])cc(C#N)c1OC(C)=O. The number of nitrogens with zero attached hydrogens (tertiary/aromatic N) is 2. The molecule has 0 aliphatic carbocycles. The second kappa shape index (κ2) is 5.63. The number of nitriles is 1. The van der Waals surface area contributed by atoms with E-state index in [0.29, 0.717) is 0 Å². The number of carbonyl (C=O) groups excluding carboxylic acids is 1. The third kappa shape index (κ3) is 2.95. The molecule has 1 aromatic carbocycles. The Bertz CT molecular complexity index is 533. The van der Waals surface area contributed by atoms with E-state index >= 15 is 0 Å². The standard InChI is InChI=1S/C11H10N2O5/c1-3-17-10-5-9(13(15)16)4-8(6-12)11(10)18-7(2)14/h4-5H,3H2,1-2H3. The maximum absolute atomic E-state index is 10.9. The van der Waals surface area contributed by atoms with Crippen LogP contribution in [-0.4, -0.2) is 17.5 Å². The summed E-state index contributed by atoms with van der Waals surface area (Å²) in [5, 5.41) is 19.6. The van der Waals surface area contributed by atoms with Crippen LogP contribution >= 0.6 is 0 Å². The van der Waals surface area contributed by atoms with Gasteiger partial charge in [-0.1, -0.05) is 0 Å². The van der Waals surface area contributed by atoms with Gasteiger partial charge >= 0.3 is 5.97 Å². The molecular formula is C11H10N2O5. The van der Waals surface area contributed by atoms with E-state index in [1.807, 2.05) is 0 Å². The Labute approximate surface area is 103 Å². The van der Waals surface area contributed by atoms with E-state index in [-0.39, 0.29) is 29.4 Å². The molecule has 0 saturated heterocycles. The summed E-state index contributed by atoms with van der Waals surface area (Å²) in [6.45, 7) is 3.06. The molecule has 1 aromatic rings. The normalized spacial score (nSPS) is 9.39. The van der Waals surface area contributed by atoms with Crippen molar-refractivity contribution < 1.29 is 19.2 Å². The maximum atomic E-state index is 10.9. The van der Waals surface area contributed by atoms with Crippen LogP contribution in [0.5, 0.6) is 11.5 Å². The molecule has 94 valence electrons. The number of carbonyl (C=O) groups is 1. The van der Waals surface area contributed by atoms with Crippen LogP contribution < -0.4 is 9.47 Å². The van der Waals surface area contributed by atoms with Gasteiger partial charge in [-0.15, -0.1) is 0 Å². The van der Waals surface area contributed by atoms with Crippen molar-refractivity contribution in [1.82, 2.24) is 0 Å². The number of ether oxygens (including phenoxy) is 2. The van der Waals surface area contributed by atoms with Crippen molar-refractivity contribution in [2.45, 2.75) is 13.8 Å². The topological polar surface area (TPSA) is 102 Å². The van der Waals surface area contributed by atoms with E-state index in [2.05, 4.69) is 0 Å². The van der Waals surface area contributed by atoms with E-state index in [1.165, 1.54) is 0 Å². The van der Waals surface area contributed by atoms with Crippen LogP contribution in [0.2, 0.25) is 0 Å². The molecule has 0 aliphatic rings. The Morgan fingerprint density at radius 3 is 2.67 bits per heavy atom. The lowest BCUT2D eigenvalue weighted by atomic mass is 10.1. The number of nitro benzene ring substituents is 1. The van der Waals surface area contributed by atoms with Gasteiger partial charge in [-0.05, 0) is 6.92 Å². The lowest BCUT2D eigenvalue weighted by Gasteiger charge is -2.10. The summed E-state index contributed by atoms with van der Waals surface area (Å²) in [4.78, 5) is 21.0. The number of hydrogen-bond acceptors (Lipinski definition) is 6. The molecule has 0 atom stereocenters. The molecule has 0 bridgehead atoms. The fraction of sp³-hybridized carbons (Fsp3) is 0.273. The summed E-state index contributed by atoms with van der Waals surface area (Å²) in [7, 11) is 0. The smallest absolute Gasteiger partial charge is 0.308 e. The first kappa shape index (κ1) is 13.4. The summed E-state index contributed by atoms with van der Waals surface area (Å²) < 4.78 is 9.98. The molecule has 0 unspecified atom stereocenters. The fourth-order valence-corrected chi connectivity index (χ4v) is 1.29. The first-order valence-electron chi connectivity index (χ1n) is 5.03. The van der Waals surface area contributed by atoms with Gasteiger partial charge in [-0.3, -0.25) is 14.9 Å². The molecular weight excluding hydrogens is 240 g/mol. The van der Waals surface area contributed by atoms with Crippen molar-refractivity contribution in [2.75, 3.05) is 6.61 Å². The minimum absolute atomic E-state index is 0.00144. The van der Waals surface area contributed by atoms with Crippen LogP contribution in [0.4, 0.5) is 5.69 Å². The third-order valence-corrected chi connectivity index (χ3v) is 1.92. The zero-order chi connectivity index (χ0) is 13.7. The lowest BCUT2D eigenvalue weighted by Crippen LogP contribution is -2.06. The monoisotopic (exact) mass is 250 g/mol. The summed E-state index contributed by atoms with van der Waals surface area (Å²) in [6, 6.07) is 3.88. The second-order valence-corrected chi connectivity index (χ2v) is 3.22. The number of rotatable bonds is 4. The lowest BCUT2D eigenvalue weighted by molar-refractivity contribution is -0.385. The molecule has 1 rings (SSSR count). The van der Waals surface area contributed by atoms with Gasteiger partial charge in [-0.25, -0.2) is 0 Å². The van der Waals surface area contributed by atoms with Gasteiger partial charge < -0.3 is 9.47 Å². The molecule has 0 N–H and O–H groups in total. The molecule has 0 amide bonds. The molecule has 0 aromatic heterocycles. The largest absolute Gasteiger partial charge is 0.490 e. The fourth-order valence-electron chi connectivity index (χ4n) is 1.29. The summed E-state index contributed by atoms with van der Waals surface area (Å²) in [5.41, 5.74) is -0.422. The number of benzene rings is 1. The molecule has 0 aliphatic heterocycles. The highest BCUT2D eigenvalue weighted by Gasteiger charge is 2.20. The van der Waals surface area contributed by atoms with E-state index in [4.69, 9.17) is 14.7 Å². The van der Waals surface area contributed by atoms with Crippen molar-refractivity contribution in [3.63, 3.8) is 0 Å². The Hall–Kier alpha value is -2.62. The average molecular weight is 250 g/mol. The van der Waals surface area contributed by atoms with Gasteiger partial charge in [0.15, 0.2) is 11.5 Å². The molecule has 0 saturated carbocycles. The average Bonchev–Trinajstić information content (AvgIpc) is 2.30. The number of nitro groups is 1. The van der Waals surface area contributed by atoms with Crippen LogP contribution in [0.15, 0.2) is 12.1 Å². The van der Waals surface area contributed by atoms with Gasteiger partial charge in [-0.2, -0.15) is 5.26 Å².